The zero-order valence-corrected chi connectivity index (χ0v) is 18.2. The number of hydrogen-bond acceptors (Lipinski definition) is 3. The zero-order valence-electron chi connectivity index (χ0n) is 17.4. The van der Waals surface area contributed by atoms with Gasteiger partial charge in [0.25, 0.3) is 0 Å². The molecular formula is C24H25ClN4O2. The SMILES string of the molecule is CC(=O)NC(CC(=O)NCc1nn(-c2ccccc2)c2c1CCC2)c1ccc(Cl)cc1. The molecule has 2 aromatic carbocycles. The van der Waals surface area contributed by atoms with E-state index in [-0.39, 0.29) is 18.2 Å². The molecule has 1 unspecified atom stereocenters. The maximum Gasteiger partial charge on any atom is 0.222 e. The number of nitrogens with one attached hydrogen (secondary N) is 2. The van der Waals surface area contributed by atoms with Crippen molar-refractivity contribution in [1.29, 1.82) is 0 Å². The molecule has 1 aromatic heterocycles. The number of fused-ring (bicyclic) bond motifs is 1. The lowest BCUT2D eigenvalue weighted by molar-refractivity contribution is -0.122. The Hall–Kier alpha value is -3.12. The van der Waals surface area contributed by atoms with Crippen molar-refractivity contribution in [2.75, 3.05) is 0 Å². The molecule has 0 radical (unpaired) electrons. The lowest BCUT2D eigenvalue weighted by atomic mass is 10.0. The molecule has 0 bridgehead atoms. The number of carbonyl (C=O) groups is 2. The van der Waals surface area contributed by atoms with Gasteiger partial charge in [-0.05, 0) is 54.7 Å². The van der Waals surface area contributed by atoms with Crippen LogP contribution in [0.15, 0.2) is 54.6 Å². The van der Waals surface area contributed by atoms with Gasteiger partial charge in [0.15, 0.2) is 0 Å². The first-order valence-corrected chi connectivity index (χ1v) is 10.8. The van der Waals surface area contributed by atoms with E-state index in [0.717, 1.165) is 36.2 Å². The fourth-order valence-electron chi connectivity index (χ4n) is 4.07. The lowest BCUT2D eigenvalue weighted by Crippen LogP contribution is -2.32. The first-order valence-electron chi connectivity index (χ1n) is 10.5. The molecule has 1 heterocycles. The summed E-state index contributed by atoms with van der Waals surface area (Å²) in [5.41, 5.74) is 5.25. The van der Waals surface area contributed by atoms with Crippen LogP contribution in [0.25, 0.3) is 5.69 Å². The van der Waals surface area contributed by atoms with Crippen molar-refractivity contribution in [3.8, 4) is 5.69 Å². The normalized spacial score (nSPS) is 13.5. The summed E-state index contributed by atoms with van der Waals surface area (Å²) in [7, 11) is 0. The summed E-state index contributed by atoms with van der Waals surface area (Å²) in [5.74, 6) is -0.332. The second-order valence-electron chi connectivity index (χ2n) is 7.76. The van der Waals surface area contributed by atoms with Gasteiger partial charge in [-0.25, -0.2) is 4.68 Å². The van der Waals surface area contributed by atoms with E-state index in [9.17, 15) is 9.59 Å². The first kappa shape index (κ1) is 21.1. The third-order valence-electron chi connectivity index (χ3n) is 5.51. The van der Waals surface area contributed by atoms with Gasteiger partial charge in [0.2, 0.25) is 11.8 Å². The lowest BCUT2D eigenvalue weighted by Gasteiger charge is -2.18. The highest BCUT2D eigenvalue weighted by Gasteiger charge is 2.24. The summed E-state index contributed by atoms with van der Waals surface area (Å²) in [6.45, 7) is 1.81. The van der Waals surface area contributed by atoms with Crippen molar-refractivity contribution in [3.63, 3.8) is 0 Å². The van der Waals surface area contributed by atoms with Crippen LogP contribution in [-0.2, 0) is 29.0 Å². The molecule has 1 aliphatic carbocycles. The van der Waals surface area contributed by atoms with Crippen molar-refractivity contribution in [1.82, 2.24) is 20.4 Å². The third-order valence-corrected chi connectivity index (χ3v) is 5.76. The van der Waals surface area contributed by atoms with Crippen LogP contribution in [0.2, 0.25) is 5.02 Å². The predicted octanol–water partition coefficient (Wildman–Crippen LogP) is 3.90. The number of rotatable bonds is 7. The monoisotopic (exact) mass is 436 g/mol. The number of hydrogen-bond donors (Lipinski definition) is 2. The van der Waals surface area contributed by atoms with E-state index in [1.807, 2.05) is 47.1 Å². The second-order valence-corrected chi connectivity index (χ2v) is 8.19. The minimum Gasteiger partial charge on any atom is -0.350 e. The number of para-hydroxylation sites is 1. The maximum absolute atomic E-state index is 12.7. The molecule has 3 aromatic rings. The van der Waals surface area contributed by atoms with Crippen LogP contribution < -0.4 is 10.6 Å². The predicted molar refractivity (Wildman–Crippen MR) is 120 cm³/mol. The van der Waals surface area contributed by atoms with E-state index in [1.54, 1.807) is 12.1 Å². The summed E-state index contributed by atoms with van der Waals surface area (Å²) >= 11 is 5.96. The molecule has 160 valence electrons. The second kappa shape index (κ2) is 9.35. The molecule has 0 aliphatic heterocycles. The van der Waals surface area contributed by atoms with Crippen LogP contribution >= 0.6 is 11.6 Å². The average Bonchev–Trinajstić information content (AvgIpc) is 3.36. The molecule has 7 heteroatoms. The van der Waals surface area contributed by atoms with Gasteiger partial charge in [0.1, 0.15) is 0 Å². The van der Waals surface area contributed by atoms with E-state index >= 15 is 0 Å². The van der Waals surface area contributed by atoms with Gasteiger partial charge in [0.05, 0.1) is 30.4 Å². The maximum atomic E-state index is 12.7. The van der Waals surface area contributed by atoms with Gasteiger partial charge in [-0.1, -0.05) is 41.9 Å². The largest absolute Gasteiger partial charge is 0.350 e. The Morgan fingerprint density at radius 3 is 2.55 bits per heavy atom. The van der Waals surface area contributed by atoms with Crippen LogP contribution in [0.4, 0.5) is 0 Å². The van der Waals surface area contributed by atoms with Crippen LogP contribution in [0.3, 0.4) is 0 Å². The Bertz CT molecular complexity index is 1080. The number of amides is 2. The number of halogens is 1. The van der Waals surface area contributed by atoms with Crippen molar-refractivity contribution >= 4 is 23.4 Å². The van der Waals surface area contributed by atoms with Gasteiger partial charge >= 0.3 is 0 Å². The van der Waals surface area contributed by atoms with Crippen molar-refractivity contribution < 1.29 is 9.59 Å². The Kier molecular flexibility index (Phi) is 6.37. The summed E-state index contributed by atoms with van der Waals surface area (Å²) < 4.78 is 2.00. The molecule has 6 nitrogen and oxygen atoms in total. The number of nitrogens with zero attached hydrogens (tertiary/aromatic N) is 2. The highest BCUT2D eigenvalue weighted by Crippen LogP contribution is 2.28. The first-order chi connectivity index (χ1) is 15.0. The molecule has 2 amide bonds. The van der Waals surface area contributed by atoms with E-state index in [4.69, 9.17) is 16.7 Å². The fourth-order valence-corrected chi connectivity index (χ4v) is 4.20. The number of aromatic nitrogens is 2. The highest BCUT2D eigenvalue weighted by atomic mass is 35.5. The van der Waals surface area contributed by atoms with Gasteiger partial charge < -0.3 is 10.6 Å². The molecule has 0 saturated carbocycles. The Morgan fingerprint density at radius 2 is 1.84 bits per heavy atom. The number of benzene rings is 2. The molecule has 0 spiro atoms. The van der Waals surface area contributed by atoms with E-state index in [1.165, 1.54) is 18.2 Å². The molecule has 0 fully saturated rings. The van der Waals surface area contributed by atoms with Crippen molar-refractivity contribution in [2.24, 2.45) is 0 Å². The van der Waals surface area contributed by atoms with Crippen molar-refractivity contribution in [3.05, 3.63) is 82.1 Å². The summed E-state index contributed by atoms with van der Waals surface area (Å²) in [6, 6.07) is 16.8. The van der Waals surface area contributed by atoms with Gasteiger partial charge in [-0.2, -0.15) is 5.10 Å². The summed E-state index contributed by atoms with van der Waals surface area (Å²) in [6.07, 6.45) is 3.21. The van der Waals surface area contributed by atoms with Crippen LogP contribution in [0.5, 0.6) is 0 Å². The molecule has 1 aliphatic rings. The molecule has 1 atom stereocenters. The summed E-state index contributed by atoms with van der Waals surface area (Å²) in [5, 5.41) is 11.2. The molecule has 31 heavy (non-hydrogen) atoms. The minimum absolute atomic E-state index is 0.142. The van der Waals surface area contributed by atoms with E-state index in [0.29, 0.717) is 11.6 Å². The Morgan fingerprint density at radius 1 is 1.10 bits per heavy atom. The van der Waals surface area contributed by atoms with Crippen molar-refractivity contribution in [2.45, 2.75) is 45.2 Å². The third kappa shape index (κ3) is 4.97. The van der Waals surface area contributed by atoms with Crippen LogP contribution in [-0.4, -0.2) is 21.6 Å². The Balaban J connectivity index is 1.46. The molecule has 0 saturated heterocycles. The topological polar surface area (TPSA) is 76.0 Å². The van der Waals surface area contributed by atoms with E-state index < -0.39 is 6.04 Å². The van der Waals surface area contributed by atoms with Gasteiger partial charge in [0, 0.05) is 17.6 Å². The number of carbonyl (C=O) groups excluding carboxylic acids is 2. The molecule has 2 N–H and O–H groups in total. The quantitative estimate of drug-likeness (QED) is 0.589. The Labute approximate surface area is 186 Å². The van der Waals surface area contributed by atoms with Crippen LogP contribution in [0.1, 0.15) is 48.3 Å². The highest BCUT2D eigenvalue weighted by molar-refractivity contribution is 6.30. The minimum atomic E-state index is -0.414. The summed E-state index contributed by atoms with van der Waals surface area (Å²) in [4.78, 5) is 24.3. The zero-order chi connectivity index (χ0) is 21.8. The fraction of sp³-hybridized carbons (Fsp3) is 0.292. The van der Waals surface area contributed by atoms with Crippen LogP contribution in [0, 0.1) is 0 Å². The van der Waals surface area contributed by atoms with E-state index in [2.05, 4.69) is 10.6 Å². The molecular weight excluding hydrogens is 412 g/mol. The van der Waals surface area contributed by atoms with Gasteiger partial charge in [-0.3, -0.25) is 9.59 Å². The van der Waals surface area contributed by atoms with Gasteiger partial charge in [-0.15, -0.1) is 0 Å². The molecule has 4 rings (SSSR count). The standard InChI is InChI=1S/C24H25ClN4O2/c1-16(30)27-21(17-10-12-18(25)13-11-17)14-24(31)26-15-22-20-8-5-9-23(20)29(28-22)19-6-3-2-4-7-19/h2-4,6-7,10-13,21H,5,8-9,14-15H2,1H3,(H,26,31)(H,27,30). The smallest absolute Gasteiger partial charge is 0.222 e. The average molecular weight is 437 g/mol.